The van der Waals surface area contributed by atoms with Crippen molar-refractivity contribution < 1.29 is 47.7 Å². The van der Waals surface area contributed by atoms with Gasteiger partial charge in [-0.2, -0.15) is 0 Å². The summed E-state index contributed by atoms with van der Waals surface area (Å²) in [7, 11) is 0. The molecule has 0 heterocycles. The highest BCUT2D eigenvalue weighted by molar-refractivity contribution is 4.57. The summed E-state index contributed by atoms with van der Waals surface area (Å²) in [5.41, 5.74) is 0. The second-order valence-electron chi connectivity index (χ2n) is 8.08. The number of aliphatic hydroxyl groups excluding tert-OH is 1. The molecule has 1 N–H and O–H groups in total. The van der Waals surface area contributed by atoms with Crippen molar-refractivity contribution in [2.24, 2.45) is 0 Å². The van der Waals surface area contributed by atoms with Crippen molar-refractivity contribution in [1.29, 1.82) is 0 Å². The molecule has 0 saturated heterocycles. The third kappa shape index (κ3) is 31.7. The van der Waals surface area contributed by atoms with E-state index >= 15 is 0 Å². The average molecular weight is 542 g/mol. The Bertz CT molecular complexity index is 352. The van der Waals surface area contributed by atoms with E-state index in [0.717, 1.165) is 45.7 Å². The topological polar surface area (TPSA) is 107 Å². The molecule has 0 unspecified atom stereocenters. The van der Waals surface area contributed by atoms with Gasteiger partial charge in [0.25, 0.3) is 0 Å². The molecule has 0 rings (SSSR count). The molecule has 0 saturated carbocycles. The summed E-state index contributed by atoms with van der Waals surface area (Å²) in [5.74, 6) is 0. The van der Waals surface area contributed by atoms with E-state index in [0.29, 0.717) is 106 Å². The minimum Gasteiger partial charge on any atom is -0.394 e. The summed E-state index contributed by atoms with van der Waals surface area (Å²) in [4.78, 5) is 2.27. The summed E-state index contributed by atoms with van der Waals surface area (Å²) >= 11 is 0. The fourth-order valence-electron chi connectivity index (χ4n) is 2.90. The van der Waals surface area contributed by atoms with Gasteiger partial charge in [-0.25, -0.2) is 0 Å². The van der Waals surface area contributed by atoms with Crippen molar-refractivity contribution in [3.05, 3.63) is 0 Å². The van der Waals surface area contributed by atoms with Crippen LogP contribution in [0, 0.1) is 0 Å². The third-order valence-corrected chi connectivity index (χ3v) is 4.82. The van der Waals surface area contributed by atoms with E-state index in [-0.39, 0.29) is 6.61 Å². The molecule has 0 fully saturated rings. The fraction of sp³-hybridized carbons (Fsp3) is 1.00. The molecule has 37 heavy (non-hydrogen) atoms. The second kappa shape index (κ2) is 33.6. The molecule has 0 amide bonds. The van der Waals surface area contributed by atoms with Crippen molar-refractivity contribution in [2.45, 2.75) is 26.7 Å². The lowest BCUT2D eigenvalue weighted by Gasteiger charge is -2.22. The van der Waals surface area contributed by atoms with Crippen molar-refractivity contribution >= 4 is 0 Å². The molecule has 11 nitrogen and oxygen atoms in total. The van der Waals surface area contributed by atoms with E-state index in [1.54, 1.807) is 0 Å². The van der Waals surface area contributed by atoms with E-state index < -0.39 is 0 Å². The lowest BCUT2D eigenvalue weighted by Crippen LogP contribution is -2.34. The minimum atomic E-state index is 0.0281. The number of aliphatic hydroxyl groups is 1. The van der Waals surface area contributed by atoms with E-state index in [4.69, 9.17) is 47.7 Å². The van der Waals surface area contributed by atoms with Crippen LogP contribution in [-0.4, -0.2) is 155 Å². The number of hydrogen-bond donors (Lipinski definition) is 1. The Morgan fingerprint density at radius 3 is 0.865 bits per heavy atom. The molecule has 0 aromatic heterocycles. The van der Waals surface area contributed by atoms with Crippen LogP contribution in [0.4, 0.5) is 0 Å². The maximum absolute atomic E-state index is 8.66. The zero-order valence-corrected chi connectivity index (χ0v) is 23.5. The average Bonchev–Trinajstić information content (AvgIpc) is 2.91. The standard InChI is InChI=1S/C26H55NO10/c1-3-9-29-15-21-35-23-17-31-11-5-27(6-12-32-18-24-36-22-16-30-10-4-2)7-13-33-19-25-37-26-20-34-14-8-28/h28H,3-26H2,1-2H3. The first-order valence-corrected chi connectivity index (χ1v) is 13.9. The molecular formula is C26H55NO10. The Morgan fingerprint density at radius 1 is 0.351 bits per heavy atom. The molecule has 224 valence electrons. The molecular weight excluding hydrogens is 486 g/mol. The molecule has 0 spiro atoms. The van der Waals surface area contributed by atoms with Crippen LogP contribution in [0.1, 0.15) is 26.7 Å². The van der Waals surface area contributed by atoms with E-state index in [9.17, 15) is 0 Å². The van der Waals surface area contributed by atoms with Crippen molar-refractivity contribution in [2.75, 3.05) is 145 Å². The SMILES string of the molecule is CCCOCCOCCOCCN(CCOCCOCCOCCC)CCOCCOCCOCCO. The number of rotatable bonds is 33. The Morgan fingerprint density at radius 2 is 0.595 bits per heavy atom. The van der Waals surface area contributed by atoms with E-state index in [1.807, 2.05) is 0 Å². The Hall–Kier alpha value is -0.440. The van der Waals surface area contributed by atoms with Crippen LogP contribution in [0.25, 0.3) is 0 Å². The van der Waals surface area contributed by atoms with Crippen molar-refractivity contribution in [3.8, 4) is 0 Å². The zero-order valence-electron chi connectivity index (χ0n) is 23.5. The molecule has 0 atom stereocenters. The molecule has 11 heteroatoms. The largest absolute Gasteiger partial charge is 0.394 e. The van der Waals surface area contributed by atoms with Gasteiger partial charge >= 0.3 is 0 Å². The van der Waals surface area contributed by atoms with E-state index in [2.05, 4.69) is 18.7 Å². The highest BCUT2D eigenvalue weighted by atomic mass is 16.6. The lowest BCUT2D eigenvalue weighted by molar-refractivity contribution is -0.00722. The summed E-state index contributed by atoms with van der Waals surface area (Å²) in [5, 5.41) is 8.66. The first kappa shape index (κ1) is 36.6. The molecule has 0 aromatic rings. The van der Waals surface area contributed by atoms with Crippen LogP contribution in [-0.2, 0) is 42.6 Å². The summed E-state index contributed by atoms with van der Waals surface area (Å²) in [6.45, 7) is 17.0. The Balaban J connectivity index is 3.87. The zero-order chi connectivity index (χ0) is 26.9. The predicted molar refractivity (Wildman–Crippen MR) is 141 cm³/mol. The molecule has 0 radical (unpaired) electrons. The smallest absolute Gasteiger partial charge is 0.0701 e. The van der Waals surface area contributed by atoms with Gasteiger partial charge in [0, 0.05) is 32.8 Å². The summed E-state index contributed by atoms with van der Waals surface area (Å²) in [6.07, 6.45) is 2.04. The molecule has 0 bridgehead atoms. The van der Waals surface area contributed by atoms with Crippen molar-refractivity contribution in [3.63, 3.8) is 0 Å². The number of hydrogen-bond acceptors (Lipinski definition) is 11. The van der Waals surface area contributed by atoms with Gasteiger partial charge in [-0.1, -0.05) is 13.8 Å². The Kier molecular flexibility index (Phi) is 33.2. The Labute approximate surface area is 224 Å². The minimum absolute atomic E-state index is 0.0281. The third-order valence-electron chi connectivity index (χ3n) is 4.82. The number of ether oxygens (including phenoxy) is 9. The van der Waals surface area contributed by atoms with Crippen LogP contribution in [0.5, 0.6) is 0 Å². The fourth-order valence-corrected chi connectivity index (χ4v) is 2.90. The normalized spacial score (nSPS) is 11.7. The van der Waals surface area contributed by atoms with Crippen LogP contribution in [0.2, 0.25) is 0 Å². The highest BCUT2D eigenvalue weighted by Gasteiger charge is 2.06. The van der Waals surface area contributed by atoms with Gasteiger partial charge in [0.2, 0.25) is 0 Å². The predicted octanol–water partition coefficient (Wildman–Crippen LogP) is 1.25. The van der Waals surface area contributed by atoms with E-state index in [1.165, 1.54) is 0 Å². The highest BCUT2D eigenvalue weighted by Crippen LogP contribution is 1.93. The van der Waals surface area contributed by atoms with Gasteiger partial charge in [0.05, 0.1) is 112 Å². The first-order valence-electron chi connectivity index (χ1n) is 13.9. The van der Waals surface area contributed by atoms with Crippen LogP contribution in [0.15, 0.2) is 0 Å². The second-order valence-corrected chi connectivity index (χ2v) is 8.08. The molecule has 0 aromatic carbocycles. The van der Waals surface area contributed by atoms with Gasteiger partial charge in [0.15, 0.2) is 0 Å². The summed E-state index contributed by atoms with van der Waals surface area (Å²) < 4.78 is 49.5. The van der Waals surface area contributed by atoms with Gasteiger partial charge in [-0.3, -0.25) is 4.90 Å². The maximum atomic E-state index is 8.66. The number of nitrogens with zero attached hydrogens (tertiary/aromatic N) is 1. The van der Waals surface area contributed by atoms with Crippen LogP contribution in [0.3, 0.4) is 0 Å². The van der Waals surface area contributed by atoms with Gasteiger partial charge in [-0.05, 0) is 12.8 Å². The molecule has 0 aliphatic rings. The van der Waals surface area contributed by atoms with Crippen molar-refractivity contribution in [1.82, 2.24) is 4.90 Å². The lowest BCUT2D eigenvalue weighted by atomic mass is 10.4. The summed E-state index contributed by atoms with van der Waals surface area (Å²) in [6, 6.07) is 0. The maximum Gasteiger partial charge on any atom is 0.0701 e. The first-order chi connectivity index (χ1) is 18.3. The molecule has 0 aliphatic heterocycles. The van der Waals surface area contributed by atoms with Crippen LogP contribution < -0.4 is 0 Å². The van der Waals surface area contributed by atoms with Gasteiger partial charge < -0.3 is 47.7 Å². The molecule has 0 aliphatic carbocycles. The van der Waals surface area contributed by atoms with Gasteiger partial charge in [-0.15, -0.1) is 0 Å². The van der Waals surface area contributed by atoms with Crippen LogP contribution >= 0.6 is 0 Å². The monoisotopic (exact) mass is 541 g/mol. The van der Waals surface area contributed by atoms with Gasteiger partial charge in [0.1, 0.15) is 0 Å². The quantitative estimate of drug-likeness (QED) is 0.121.